The van der Waals surface area contributed by atoms with Crippen LogP contribution in [0.5, 0.6) is 17.4 Å². The molecule has 9 heteroatoms. The Kier molecular flexibility index (Phi) is 8.27. The number of hydrogen-bond acceptors (Lipinski definition) is 6. The minimum atomic E-state index is -0.678. The number of fused-ring (bicyclic) bond motifs is 1. The number of anilines is 2. The number of rotatable bonds is 10. The van der Waals surface area contributed by atoms with Crippen molar-refractivity contribution >= 4 is 34.1 Å². The topological polar surface area (TPSA) is 102 Å². The van der Waals surface area contributed by atoms with Crippen LogP contribution in [0.1, 0.15) is 24.0 Å². The molecule has 0 radical (unpaired) electrons. The summed E-state index contributed by atoms with van der Waals surface area (Å²) in [6, 6.07) is 15.5. The lowest BCUT2D eigenvalue weighted by molar-refractivity contribution is -0.116. The Bertz CT molecular complexity index is 1490. The van der Waals surface area contributed by atoms with Gasteiger partial charge < -0.3 is 20.1 Å². The quantitative estimate of drug-likeness (QED) is 0.253. The predicted octanol–water partition coefficient (Wildman–Crippen LogP) is 5.96. The van der Waals surface area contributed by atoms with Crippen molar-refractivity contribution < 1.29 is 23.5 Å². The van der Waals surface area contributed by atoms with E-state index in [0.717, 1.165) is 12.5 Å². The van der Waals surface area contributed by atoms with E-state index in [1.807, 2.05) is 19.1 Å². The van der Waals surface area contributed by atoms with Crippen molar-refractivity contribution in [1.82, 2.24) is 9.97 Å². The molecule has 0 spiro atoms. The Hall–Kier alpha value is -4.79. The predicted molar refractivity (Wildman–Crippen MR) is 144 cm³/mol. The highest BCUT2D eigenvalue weighted by Crippen LogP contribution is 2.35. The summed E-state index contributed by atoms with van der Waals surface area (Å²) in [6.07, 6.45) is 4.19. The molecule has 2 N–H and O–H groups in total. The van der Waals surface area contributed by atoms with Crippen LogP contribution in [0.2, 0.25) is 0 Å². The number of methoxy groups -OCH3 is 1. The van der Waals surface area contributed by atoms with Crippen LogP contribution in [-0.2, 0) is 16.0 Å². The van der Waals surface area contributed by atoms with Crippen LogP contribution in [-0.4, -0.2) is 28.9 Å². The van der Waals surface area contributed by atoms with Gasteiger partial charge in [-0.3, -0.25) is 9.59 Å². The molecule has 0 saturated heterocycles. The van der Waals surface area contributed by atoms with Gasteiger partial charge in [-0.15, -0.1) is 0 Å². The fourth-order valence-electron chi connectivity index (χ4n) is 3.79. The van der Waals surface area contributed by atoms with Gasteiger partial charge in [-0.1, -0.05) is 36.4 Å². The zero-order chi connectivity index (χ0) is 27.1. The molecule has 0 atom stereocenters. The van der Waals surface area contributed by atoms with E-state index in [9.17, 15) is 14.0 Å². The Balaban J connectivity index is 1.44. The molecule has 0 fully saturated rings. The first kappa shape index (κ1) is 26.3. The number of ether oxygens (including phenoxy) is 2. The standard InChI is InChI=1S/C29H27FN4O4/c1-4-27(35)34-24-15-21-23(16-26(24)37-3)31-17-32-29(21)38-25-13-12-20(14-22(25)30)33-28(36)7-5-6-19-10-8-18(2)9-11-19/h4,8-17H,1,5-7H2,2-3H3,(H,33,36)(H,34,35). The lowest BCUT2D eigenvalue weighted by Gasteiger charge is -2.13. The van der Waals surface area contributed by atoms with Crippen LogP contribution in [0.15, 0.2) is 73.6 Å². The summed E-state index contributed by atoms with van der Waals surface area (Å²) in [4.78, 5) is 32.5. The van der Waals surface area contributed by atoms with Gasteiger partial charge in [-0.25, -0.2) is 14.4 Å². The molecule has 38 heavy (non-hydrogen) atoms. The number of carbonyl (C=O) groups is 2. The molecule has 3 aromatic carbocycles. The van der Waals surface area contributed by atoms with Gasteiger partial charge >= 0.3 is 0 Å². The van der Waals surface area contributed by atoms with Crippen molar-refractivity contribution in [1.29, 1.82) is 0 Å². The van der Waals surface area contributed by atoms with E-state index < -0.39 is 11.7 Å². The van der Waals surface area contributed by atoms with Crippen molar-refractivity contribution in [2.24, 2.45) is 0 Å². The van der Waals surface area contributed by atoms with E-state index in [4.69, 9.17) is 9.47 Å². The molecule has 0 aliphatic rings. The number of halogens is 1. The average molecular weight is 515 g/mol. The maximum Gasteiger partial charge on any atom is 0.247 e. The molecular formula is C29H27FN4O4. The average Bonchev–Trinajstić information content (AvgIpc) is 2.91. The largest absolute Gasteiger partial charge is 0.494 e. The molecule has 4 rings (SSSR count). The SMILES string of the molecule is C=CC(=O)Nc1cc2c(Oc3ccc(NC(=O)CCCc4ccc(C)cc4)cc3F)ncnc2cc1OC. The molecule has 0 bridgehead atoms. The molecular weight excluding hydrogens is 487 g/mol. The van der Waals surface area contributed by atoms with Gasteiger partial charge in [0.15, 0.2) is 11.6 Å². The molecule has 2 amide bonds. The molecule has 0 aliphatic heterocycles. The molecule has 1 heterocycles. The number of aryl methyl sites for hydroxylation is 2. The summed E-state index contributed by atoms with van der Waals surface area (Å²) >= 11 is 0. The third-order valence-electron chi connectivity index (χ3n) is 5.78. The Morgan fingerprint density at radius 2 is 1.82 bits per heavy atom. The maximum absolute atomic E-state index is 14.9. The minimum Gasteiger partial charge on any atom is -0.494 e. The fraction of sp³-hybridized carbons (Fsp3) is 0.172. The molecule has 194 valence electrons. The normalized spacial score (nSPS) is 10.6. The van der Waals surface area contributed by atoms with Crippen LogP contribution in [0, 0.1) is 12.7 Å². The van der Waals surface area contributed by atoms with Crippen molar-refractivity contribution in [2.75, 3.05) is 17.7 Å². The summed E-state index contributed by atoms with van der Waals surface area (Å²) in [5.41, 5.74) is 3.50. The van der Waals surface area contributed by atoms with E-state index in [2.05, 4.69) is 39.3 Å². The number of aromatic nitrogens is 2. The van der Waals surface area contributed by atoms with Crippen molar-refractivity contribution in [3.8, 4) is 17.4 Å². The number of amides is 2. The second kappa shape index (κ2) is 12.0. The summed E-state index contributed by atoms with van der Waals surface area (Å²) in [5, 5.41) is 5.80. The second-order valence-electron chi connectivity index (χ2n) is 8.58. The second-order valence-corrected chi connectivity index (χ2v) is 8.58. The van der Waals surface area contributed by atoms with Crippen molar-refractivity contribution in [3.63, 3.8) is 0 Å². The van der Waals surface area contributed by atoms with Crippen LogP contribution >= 0.6 is 0 Å². The number of carbonyl (C=O) groups excluding carboxylic acids is 2. The lowest BCUT2D eigenvalue weighted by atomic mass is 10.1. The Morgan fingerprint density at radius 3 is 2.53 bits per heavy atom. The van der Waals surface area contributed by atoms with Crippen LogP contribution in [0.3, 0.4) is 0 Å². The monoisotopic (exact) mass is 514 g/mol. The maximum atomic E-state index is 14.9. The van der Waals surface area contributed by atoms with Gasteiger partial charge in [-0.2, -0.15) is 0 Å². The molecule has 0 saturated carbocycles. The molecule has 0 unspecified atom stereocenters. The van der Waals surface area contributed by atoms with Gasteiger partial charge in [0.05, 0.1) is 23.7 Å². The highest BCUT2D eigenvalue weighted by molar-refractivity contribution is 6.02. The minimum absolute atomic E-state index is 0.0820. The third-order valence-corrected chi connectivity index (χ3v) is 5.78. The molecule has 0 aliphatic carbocycles. The zero-order valence-corrected chi connectivity index (χ0v) is 21.1. The van der Waals surface area contributed by atoms with Crippen LogP contribution in [0.4, 0.5) is 15.8 Å². The molecule has 1 aromatic heterocycles. The summed E-state index contributed by atoms with van der Waals surface area (Å²) < 4.78 is 26.0. The van der Waals surface area contributed by atoms with E-state index in [0.29, 0.717) is 40.9 Å². The van der Waals surface area contributed by atoms with Crippen molar-refractivity contribution in [2.45, 2.75) is 26.2 Å². The van der Waals surface area contributed by atoms with Gasteiger partial charge in [0.25, 0.3) is 0 Å². The van der Waals surface area contributed by atoms with Crippen LogP contribution in [0.25, 0.3) is 10.9 Å². The number of nitrogens with zero attached hydrogens (tertiary/aromatic N) is 2. The highest BCUT2D eigenvalue weighted by atomic mass is 19.1. The third kappa shape index (κ3) is 6.50. The lowest BCUT2D eigenvalue weighted by Crippen LogP contribution is -2.11. The van der Waals surface area contributed by atoms with Gasteiger partial charge in [0, 0.05) is 24.2 Å². The smallest absolute Gasteiger partial charge is 0.247 e. The Morgan fingerprint density at radius 1 is 1.03 bits per heavy atom. The van der Waals surface area contributed by atoms with Gasteiger partial charge in [0.1, 0.15) is 12.1 Å². The number of nitrogens with one attached hydrogen (secondary N) is 2. The first-order valence-corrected chi connectivity index (χ1v) is 11.9. The van der Waals surface area contributed by atoms with Gasteiger partial charge in [0.2, 0.25) is 17.7 Å². The summed E-state index contributed by atoms with van der Waals surface area (Å²) in [6.45, 7) is 5.47. The zero-order valence-electron chi connectivity index (χ0n) is 21.1. The van der Waals surface area contributed by atoms with E-state index in [-0.39, 0.29) is 17.5 Å². The summed E-state index contributed by atoms with van der Waals surface area (Å²) in [7, 11) is 1.46. The van der Waals surface area contributed by atoms with Gasteiger partial charge in [-0.05, 0) is 49.6 Å². The molecule has 4 aromatic rings. The summed E-state index contributed by atoms with van der Waals surface area (Å²) in [5.74, 6) is -0.936. The Labute approximate surface area is 219 Å². The van der Waals surface area contributed by atoms with Crippen LogP contribution < -0.4 is 20.1 Å². The molecule has 8 nitrogen and oxygen atoms in total. The highest BCUT2D eigenvalue weighted by Gasteiger charge is 2.15. The first-order valence-electron chi connectivity index (χ1n) is 11.9. The van der Waals surface area contributed by atoms with E-state index in [1.165, 1.54) is 36.7 Å². The first-order chi connectivity index (χ1) is 18.4. The van der Waals surface area contributed by atoms with E-state index in [1.54, 1.807) is 18.2 Å². The number of benzene rings is 3. The fourth-order valence-corrected chi connectivity index (χ4v) is 3.79. The number of hydrogen-bond donors (Lipinski definition) is 2. The van der Waals surface area contributed by atoms with E-state index >= 15 is 0 Å². The van der Waals surface area contributed by atoms with Crippen molar-refractivity contribution in [3.05, 3.63) is 90.5 Å².